The zero-order valence-corrected chi connectivity index (χ0v) is 16.0. The number of piperazine rings is 1. The summed E-state index contributed by atoms with van der Waals surface area (Å²) in [5.74, 6) is 1.04. The molecule has 2 aromatic rings. The van der Waals surface area contributed by atoms with Gasteiger partial charge in [0.05, 0.1) is 0 Å². The van der Waals surface area contributed by atoms with Crippen LogP contribution in [0, 0.1) is 6.92 Å². The topological polar surface area (TPSA) is 78.4 Å². The predicted molar refractivity (Wildman–Crippen MR) is 104 cm³/mol. The molecule has 1 saturated heterocycles. The molecule has 1 aromatic heterocycles. The number of anilines is 2. The Balaban J connectivity index is 1.72. The molecule has 2 heterocycles. The zero-order valence-electron chi connectivity index (χ0n) is 16.0. The van der Waals surface area contributed by atoms with Crippen LogP contribution in [0.25, 0.3) is 0 Å². The van der Waals surface area contributed by atoms with E-state index >= 15 is 0 Å². The summed E-state index contributed by atoms with van der Waals surface area (Å²) >= 11 is 0. The predicted octanol–water partition coefficient (Wildman–Crippen LogP) is 2.40. The summed E-state index contributed by atoms with van der Waals surface area (Å²) in [6, 6.07) is 9.81. The minimum atomic E-state index is -0.131. The van der Waals surface area contributed by atoms with Crippen molar-refractivity contribution in [3.63, 3.8) is 0 Å². The van der Waals surface area contributed by atoms with Gasteiger partial charge in [0, 0.05) is 44.9 Å². The fraction of sp³-hybridized carbons (Fsp3) is 0.400. The molecule has 1 fully saturated rings. The van der Waals surface area contributed by atoms with Gasteiger partial charge < -0.3 is 15.1 Å². The van der Waals surface area contributed by atoms with Gasteiger partial charge in [-0.05, 0) is 31.0 Å². The van der Waals surface area contributed by atoms with Crippen LogP contribution in [0.15, 0.2) is 30.3 Å². The second kappa shape index (κ2) is 8.16. The summed E-state index contributed by atoms with van der Waals surface area (Å²) in [5, 5.41) is 3.24. The van der Waals surface area contributed by atoms with E-state index in [2.05, 4.69) is 34.3 Å². The number of rotatable bonds is 4. The van der Waals surface area contributed by atoms with Crippen LogP contribution in [0.5, 0.6) is 0 Å². The van der Waals surface area contributed by atoms with Crippen LogP contribution in [-0.4, -0.2) is 57.8 Å². The van der Waals surface area contributed by atoms with Gasteiger partial charge in [0.25, 0.3) is 5.91 Å². The van der Waals surface area contributed by atoms with Crippen molar-refractivity contribution in [1.29, 1.82) is 0 Å². The van der Waals surface area contributed by atoms with Crippen LogP contribution in [0.4, 0.5) is 11.5 Å². The number of hydrogen-bond acceptors (Lipinski definition) is 5. The van der Waals surface area contributed by atoms with E-state index in [1.807, 2.05) is 12.1 Å². The number of nitrogens with zero attached hydrogens (tertiary/aromatic N) is 4. The molecule has 1 aromatic carbocycles. The van der Waals surface area contributed by atoms with E-state index in [1.54, 1.807) is 29.7 Å². The molecular formula is C20H25N5O2. The summed E-state index contributed by atoms with van der Waals surface area (Å²) in [5.41, 5.74) is 2.55. The number of aryl methyl sites for hydroxylation is 2. The van der Waals surface area contributed by atoms with Gasteiger partial charge in [-0.15, -0.1) is 0 Å². The number of nitrogens with one attached hydrogen (secondary N) is 1. The van der Waals surface area contributed by atoms with E-state index in [0.29, 0.717) is 43.5 Å². The standard InChI is InChI=1S/C20H25N5O2/c1-4-16-5-7-17(8-6-16)23-19-13-18(21-14(2)22-19)20(27)25-11-9-24(10-12-25)15(3)26/h5-8,13H,4,9-12H2,1-3H3,(H,21,22,23). The number of carbonyl (C=O) groups is 2. The largest absolute Gasteiger partial charge is 0.340 e. The van der Waals surface area contributed by atoms with Gasteiger partial charge in [0.15, 0.2) is 0 Å². The molecular weight excluding hydrogens is 342 g/mol. The lowest BCUT2D eigenvalue weighted by atomic mass is 10.1. The Morgan fingerprint density at radius 1 is 1.04 bits per heavy atom. The molecule has 0 aliphatic carbocycles. The number of amides is 2. The van der Waals surface area contributed by atoms with Gasteiger partial charge in [-0.1, -0.05) is 19.1 Å². The maximum atomic E-state index is 12.8. The molecule has 1 N–H and O–H groups in total. The highest BCUT2D eigenvalue weighted by Gasteiger charge is 2.24. The van der Waals surface area contributed by atoms with Crippen molar-refractivity contribution in [2.24, 2.45) is 0 Å². The molecule has 7 nitrogen and oxygen atoms in total. The minimum absolute atomic E-state index is 0.0422. The van der Waals surface area contributed by atoms with Gasteiger partial charge in [0.1, 0.15) is 17.3 Å². The Kier molecular flexibility index (Phi) is 5.69. The van der Waals surface area contributed by atoms with Crippen LogP contribution >= 0.6 is 0 Å². The fourth-order valence-electron chi connectivity index (χ4n) is 3.10. The van der Waals surface area contributed by atoms with Crippen LogP contribution in [0.1, 0.15) is 35.7 Å². The second-order valence-corrected chi connectivity index (χ2v) is 6.66. The summed E-state index contributed by atoms with van der Waals surface area (Å²) in [7, 11) is 0. The zero-order chi connectivity index (χ0) is 19.4. The maximum absolute atomic E-state index is 12.8. The van der Waals surface area contributed by atoms with Crippen molar-refractivity contribution >= 4 is 23.3 Å². The lowest BCUT2D eigenvalue weighted by molar-refractivity contribution is -0.130. The first-order chi connectivity index (χ1) is 13.0. The van der Waals surface area contributed by atoms with Gasteiger partial charge in [0.2, 0.25) is 5.91 Å². The van der Waals surface area contributed by atoms with Crippen LogP contribution < -0.4 is 5.32 Å². The number of hydrogen-bond donors (Lipinski definition) is 1. The normalized spacial score (nSPS) is 14.2. The molecule has 0 atom stereocenters. The first-order valence-corrected chi connectivity index (χ1v) is 9.22. The average Bonchev–Trinajstić information content (AvgIpc) is 2.67. The molecule has 0 radical (unpaired) electrons. The van der Waals surface area contributed by atoms with E-state index in [-0.39, 0.29) is 11.8 Å². The first kappa shape index (κ1) is 18.8. The third-order valence-electron chi connectivity index (χ3n) is 4.70. The summed E-state index contributed by atoms with van der Waals surface area (Å²) < 4.78 is 0. The molecule has 142 valence electrons. The second-order valence-electron chi connectivity index (χ2n) is 6.66. The van der Waals surface area contributed by atoms with Gasteiger partial charge in [-0.2, -0.15) is 0 Å². The van der Waals surface area contributed by atoms with E-state index < -0.39 is 0 Å². The molecule has 0 saturated carbocycles. The molecule has 0 spiro atoms. The molecule has 1 aliphatic heterocycles. The highest BCUT2D eigenvalue weighted by Crippen LogP contribution is 2.18. The van der Waals surface area contributed by atoms with Gasteiger partial charge in [-0.3, -0.25) is 9.59 Å². The minimum Gasteiger partial charge on any atom is -0.340 e. The van der Waals surface area contributed by atoms with E-state index in [9.17, 15) is 9.59 Å². The van der Waals surface area contributed by atoms with Crippen molar-refractivity contribution < 1.29 is 9.59 Å². The smallest absolute Gasteiger partial charge is 0.272 e. The van der Waals surface area contributed by atoms with E-state index in [1.165, 1.54) is 5.56 Å². The molecule has 2 amide bonds. The van der Waals surface area contributed by atoms with Crippen LogP contribution in [-0.2, 0) is 11.2 Å². The highest BCUT2D eigenvalue weighted by molar-refractivity contribution is 5.93. The van der Waals surface area contributed by atoms with Crippen molar-refractivity contribution in [3.8, 4) is 0 Å². The summed E-state index contributed by atoms with van der Waals surface area (Å²) in [6.45, 7) is 7.59. The van der Waals surface area contributed by atoms with Gasteiger partial charge >= 0.3 is 0 Å². The molecule has 7 heteroatoms. The van der Waals surface area contributed by atoms with E-state index in [0.717, 1.165) is 12.1 Å². The van der Waals surface area contributed by atoms with Crippen molar-refractivity contribution in [1.82, 2.24) is 19.8 Å². The lowest BCUT2D eigenvalue weighted by Gasteiger charge is -2.34. The third kappa shape index (κ3) is 4.61. The average molecular weight is 367 g/mol. The SMILES string of the molecule is CCc1ccc(Nc2cc(C(=O)N3CCN(C(C)=O)CC3)nc(C)n2)cc1. The molecule has 3 rings (SSSR count). The number of aromatic nitrogens is 2. The van der Waals surface area contributed by atoms with Gasteiger partial charge in [-0.25, -0.2) is 9.97 Å². The van der Waals surface area contributed by atoms with Crippen molar-refractivity contribution in [2.45, 2.75) is 27.2 Å². The maximum Gasteiger partial charge on any atom is 0.272 e. The Labute approximate surface area is 159 Å². The number of benzene rings is 1. The van der Waals surface area contributed by atoms with E-state index in [4.69, 9.17) is 0 Å². The first-order valence-electron chi connectivity index (χ1n) is 9.22. The Morgan fingerprint density at radius 2 is 1.67 bits per heavy atom. The Hall–Kier alpha value is -2.96. The highest BCUT2D eigenvalue weighted by atomic mass is 16.2. The monoisotopic (exact) mass is 367 g/mol. The molecule has 0 bridgehead atoms. The molecule has 0 unspecified atom stereocenters. The van der Waals surface area contributed by atoms with Crippen LogP contribution in [0.3, 0.4) is 0 Å². The molecule has 1 aliphatic rings. The third-order valence-corrected chi connectivity index (χ3v) is 4.70. The lowest BCUT2D eigenvalue weighted by Crippen LogP contribution is -2.50. The quantitative estimate of drug-likeness (QED) is 0.898. The van der Waals surface area contributed by atoms with Crippen molar-refractivity contribution in [2.75, 3.05) is 31.5 Å². The Bertz CT molecular complexity index is 827. The summed E-state index contributed by atoms with van der Waals surface area (Å²) in [4.78, 5) is 36.5. The fourth-order valence-corrected chi connectivity index (χ4v) is 3.10. The summed E-state index contributed by atoms with van der Waals surface area (Å²) in [6.07, 6.45) is 0.989. The molecule has 27 heavy (non-hydrogen) atoms. The number of carbonyl (C=O) groups excluding carboxylic acids is 2. The Morgan fingerprint density at radius 3 is 2.26 bits per heavy atom. The van der Waals surface area contributed by atoms with Crippen molar-refractivity contribution in [3.05, 3.63) is 47.4 Å². The van der Waals surface area contributed by atoms with Crippen LogP contribution in [0.2, 0.25) is 0 Å².